The summed E-state index contributed by atoms with van der Waals surface area (Å²) < 4.78 is 43.5. The van der Waals surface area contributed by atoms with Crippen molar-refractivity contribution >= 4 is 28.8 Å². The van der Waals surface area contributed by atoms with Crippen LogP contribution in [0.25, 0.3) is 10.9 Å². The molecule has 0 bridgehead atoms. The highest BCUT2D eigenvalue weighted by molar-refractivity contribution is 6.07. The van der Waals surface area contributed by atoms with Crippen LogP contribution in [-0.2, 0) is 14.3 Å². The lowest BCUT2D eigenvalue weighted by atomic mass is 10.1. The highest BCUT2D eigenvalue weighted by atomic mass is 19.3. The molecule has 39 heavy (non-hydrogen) atoms. The quantitative estimate of drug-likeness (QED) is 0.432. The molecule has 1 aromatic carbocycles. The number of benzene rings is 1. The van der Waals surface area contributed by atoms with E-state index >= 15 is 0 Å². The second kappa shape index (κ2) is 12.7. The van der Waals surface area contributed by atoms with Crippen LogP contribution in [0.3, 0.4) is 0 Å². The highest BCUT2D eigenvalue weighted by Gasteiger charge is 2.47. The maximum absolute atomic E-state index is 13.6. The third-order valence-corrected chi connectivity index (χ3v) is 5.51. The van der Waals surface area contributed by atoms with Gasteiger partial charge in [-0.2, -0.15) is 5.26 Å². The molecule has 1 atom stereocenters. The summed E-state index contributed by atoms with van der Waals surface area (Å²) in [5.41, 5.74) is 0.141. The number of fused-ring (bicyclic) bond motifs is 1. The van der Waals surface area contributed by atoms with Gasteiger partial charge in [0, 0.05) is 24.5 Å². The summed E-state index contributed by atoms with van der Waals surface area (Å²) in [6.45, 7) is 4.90. The number of halogens is 2. The molecule has 1 saturated heterocycles. The standard InChI is InChI=1S/C26H31F2N5O6/c1-25(2,3)39-24(36)31-8-9-37-10-11-38-18-4-5-21-20(12-18)19(6-7-30-21)23(35)32-15-22(34)33-16-26(27,28)13-17(33)14-29/h4-7,12,17H,8-11,13,15-16H2,1-3H3,(H,31,36)(H,32,35)/t17-/m0/s1. The summed E-state index contributed by atoms with van der Waals surface area (Å²) in [4.78, 5) is 41.8. The number of amides is 3. The minimum absolute atomic E-state index is 0.203. The minimum atomic E-state index is -3.14. The number of pyridine rings is 1. The van der Waals surface area contributed by atoms with Crippen LogP contribution in [0.15, 0.2) is 30.5 Å². The van der Waals surface area contributed by atoms with E-state index in [2.05, 4.69) is 15.6 Å². The first-order valence-electron chi connectivity index (χ1n) is 12.3. The topological polar surface area (TPSA) is 143 Å². The van der Waals surface area contributed by atoms with Gasteiger partial charge in [-0.25, -0.2) is 13.6 Å². The lowest BCUT2D eigenvalue weighted by molar-refractivity contribution is -0.131. The van der Waals surface area contributed by atoms with E-state index in [1.54, 1.807) is 45.0 Å². The molecule has 0 spiro atoms. The van der Waals surface area contributed by atoms with E-state index in [0.29, 0.717) is 16.7 Å². The van der Waals surface area contributed by atoms with Crippen LogP contribution in [0, 0.1) is 11.3 Å². The van der Waals surface area contributed by atoms with Gasteiger partial charge in [-0.15, -0.1) is 0 Å². The molecule has 2 N–H and O–H groups in total. The van der Waals surface area contributed by atoms with E-state index in [4.69, 9.17) is 19.5 Å². The van der Waals surface area contributed by atoms with Gasteiger partial charge in [0.15, 0.2) is 0 Å². The van der Waals surface area contributed by atoms with Crippen LogP contribution in [0.2, 0.25) is 0 Å². The first-order valence-corrected chi connectivity index (χ1v) is 12.3. The Bertz CT molecular complexity index is 1240. The fourth-order valence-electron chi connectivity index (χ4n) is 3.82. The Balaban J connectivity index is 1.50. The van der Waals surface area contributed by atoms with E-state index in [-0.39, 0.29) is 31.9 Å². The Morgan fingerprint density at radius 1 is 1.18 bits per heavy atom. The molecule has 0 saturated carbocycles. The third-order valence-electron chi connectivity index (χ3n) is 5.51. The Kier molecular flexibility index (Phi) is 9.58. The lowest BCUT2D eigenvalue weighted by Crippen LogP contribution is -2.43. The summed E-state index contributed by atoms with van der Waals surface area (Å²) in [6, 6.07) is 6.90. The van der Waals surface area contributed by atoms with Crippen LogP contribution in [-0.4, -0.2) is 84.8 Å². The van der Waals surface area contributed by atoms with Crippen molar-refractivity contribution in [1.29, 1.82) is 5.26 Å². The predicted octanol–water partition coefficient (Wildman–Crippen LogP) is 2.64. The molecule has 1 fully saturated rings. The largest absolute Gasteiger partial charge is 0.491 e. The van der Waals surface area contributed by atoms with Gasteiger partial charge in [-0.05, 0) is 45.0 Å². The summed E-state index contributed by atoms with van der Waals surface area (Å²) in [6.07, 6.45) is 0.181. The maximum Gasteiger partial charge on any atom is 0.407 e. The van der Waals surface area contributed by atoms with Gasteiger partial charge in [0.1, 0.15) is 24.0 Å². The number of hydrogen-bond acceptors (Lipinski definition) is 8. The number of hydrogen-bond donors (Lipinski definition) is 2. The van der Waals surface area contributed by atoms with Gasteiger partial charge in [-0.3, -0.25) is 14.6 Å². The van der Waals surface area contributed by atoms with Crippen molar-refractivity contribution in [3.05, 3.63) is 36.0 Å². The molecular formula is C26H31F2N5O6. The number of nitrogens with zero attached hydrogens (tertiary/aromatic N) is 3. The number of nitriles is 1. The molecule has 1 aromatic heterocycles. The number of ether oxygens (including phenoxy) is 3. The summed E-state index contributed by atoms with van der Waals surface area (Å²) in [5.74, 6) is -4.06. The average molecular weight is 548 g/mol. The van der Waals surface area contributed by atoms with Crippen LogP contribution in [0.4, 0.5) is 13.6 Å². The zero-order valence-corrected chi connectivity index (χ0v) is 22.0. The molecule has 2 aromatic rings. The lowest BCUT2D eigenvalue weighted by Gasteiger charge is -2.19. The fraction of sp³-hybridized carbons (Fsp3) is 0.500. The van der Waals surface area contributed by atoms with E-state index in [9.17, 15) is 23.2 Å². The van der Waals surface area contributed by atoms with Crippen molar-refractivity contribution in [3.63, 3.8) is 0 Å². The molecular weight excluding hydrogens is 516 g/mol. The van der Waals surface area contributed by atoms with Crippen LogP contribution < -0.4 is 15.4 Å². The average Bonchev–Trinajstić information content (AvgIpc) is 3.19. The molecule has 3 rings (SSSR count). The zero-order valence-electron chi connectivity index (χ0n) is 22.0. The van der Waals surface area contributed by atoms with Crippen LogP contribution >= 0.6 is 0 Å². The van der Waals surface area contributed by atoms with E-state index < -0.39 is 55.0 Å². The second-order valence-corrected chi connectivity index (χ2v) is 9.84. The van der Waals surface area contributed by atoms with Gasteiger partial charge in [0.2, 0.25) is 5.91 Å². The van der Waals surface area contributed by atoms with Gasteiger partial charge in [-0.1, -0.05) is 0 Å². The van der Waals surface area contributed by atoms with Crippen LogP contribution in [0.1, 0.15) is 37.6 Å². The van der Waals surface area contributed by atoms with Crippen molar-refractivity contribution in [3.8, 4) is 11.8 Å². The number of carbonyl (C=O) groups excluding carboxylic acids is 3. The zero-order chi connectivity index (χ0) is 28.6. The highest BCUT2D eigenvalue weighted by Crippen LogP contribution is 2.31. The van der Waals surface area contributed by atoms with Gasteiger partial charge in [0.25, 0.3) is 11.8 Å². The number of nitrogens with one attached hydrogen (secondary N) is 2. The molecule has 1 aliphatic heterocycles. The van der Waals surface area contributed by atoms with E-state index in [1.165, 1.54) is 12.3 Å². The van der Waals surface area contributed by atoms with E-state index in [0.717, 1.165) is 4.90 Å². The molecule has 0 radical (unpaired) electrons. The molecule has 13 heteroatoms. The Morgan fingerprint density at radius 3 is 2.67 bits per heavy atom. The fourth-order valence-corrected chi connectivity index (χ4v) is 3.82. The Morgan fingerprint density at radius 2 is 1.95 bits per heavy atom. The number of alkyl carbamates (subject to hydrolysis) is 1. The van der Waals surface area contributed by atoms with Gasteiger partial charge >= 0.3 is 6.09 Å². The number of alkyl halides is 2. The number of rotatable bonds is 10. The molecule has 210 valence electrons. The van der Waals surface area contributed by atoms with Crippen molar-refractivity contribution in [2.24, 2.45) is 0 Å². The van der Waals surface area contributed by atoms with E-state index in [1.807, 2.05) is 0 Å². The van der Waals surface area contributed by atoms with Crippen molar-refractivity contribution in [2.75, 3.05) is 39.5 Å². The second-order valence-electron chi connectivity index (χ2n) is 9.84. The Hall–Kier alpha value is -4.05. The molecule has 11 nitrogen and oxygen atoms in total. The first-order chi connectivity index (χ1) is 18.4. The summed E-state index contributed by atoms with van der Waals surface area (Å²) >= 11 is 0. The van der Waals surface area contributed by atoms with Crippen LogP contribution in [0.5, 0.6) is 5.75 Å². The molecule has 0 unspecified atom stereocenters. The van der Waals surface area contributed by atoms with Crippen molar-refractivity contribution in [1.82, 2.24) is 20.5 Å². The number of carbonyl (C=O) groups is 3. The van der Waals surface area contributed by atoms with Crippen molar-refractivity contribution in [2.45, 2.75) is 44.8 Å². The number of likely N-dealkylation sites (tertiary alicyclic amines) is 1. The minimum Gasteiger partial charge on any atom is -0.491 e. The maximum atomic E-state index is 13.6. The first kappa shape index (κ1) is 29.5. The summed E-state index contributed by atoms with van der Waals surface area (Å²) in [7, 11) is 0. The monoisotopic (exact) mass is 547 g/mol. The Labute approximate surface area is 224 Å². The smallest absolute Gasteiger partial charge is 0.407 e. The van der Waals surface area contributed by atoms with Gasteiger partial charge < -0.3 is 29.7 Å². The molecule has 3 amide bonds. The summed E-state index contributed by atoms with van der Waals surface area (Å²) in [5, 5.41) is 14.6. The molecule has 0 aliphatic carbocycles. The SMILES string of the molecule is CC(C)(C)OC(=O)NCCOCCOc1ccc2nccc(C(=O)NCC(=O)N3CC(F)(F)C[C@H]3C#N)c2c1. The predicted molar refractivity (Wildman–Crippen MR) is 135 cm³/mol. The molecule has 2 heterocycles. The number of aromatic nitrogens is 1. The molecule has 1 aliphatic rings. The van der Waals surface area contributed by atoms with Crippen molar-refractivity contribution < 1.29 is 37.4 Å². The van der Waals surface area contributed by atoms with Gasteiger partial charge in [0.05, 0.1) is 43.5 Å². The normalized spacial score (nSPS) is 16.4. The third kappa shape index (κ3) is 8.75.